The van der Waals surface area contributed by atoms with Crippen molar-refractivity contribution in [1.82, 2.24) is 4.57 Å². The smallest absolute Gasteiger partial charge is 0.244 e. The second-order valence-corrected chi connectivity index (χ2v) is 9.26. The third-order valence-electron chi connectivity index (χ3n) is 5.02. The van der Waals surface area contributed by atoms with E-state index in [1.54, 1.807) is 66.3 Å². The van der Waals surface area contributed by atoms with Gasteiger partial charge in [-0.3, -0.25) is 4.79 Å². The maximum atomic E-state index is 13.5. The van der Waals surface area contributed by atoms with Crippen molar-refractivity contribution in [2.24, 2.45) is 0 Å². The van der Waals surface area contributed by atoms with Crippen molar-refractivity contribution in [1.29, 1.82) is 0 Å². The van der Waals surface area contributed by atoms with Gasteiger partial charge in [-0.2, -0.15) is 0 Å². The first kappa shape index (κ1) is 21.6. The molecule has 164 valence electrons. The molecule has 0 fully saturated rings. The van der Waals surface area contributed by atoms with Crippen LogP contribution in [-0.4, -0.2) is 26.0 Å². The molecule has 0 bridgehead atoms. The normalized spacial score (nSPS) is 11.4. The zero-order valence-electron chi connectivity index (χ0n) is 17.3. The van der Waals surface area contributed by atoms with Crippen LogP contribution in [0.3, 0.4) is 0 Å². The summed E-state index contributed by atoms with van der Waals surface area (Å²) in [5, 5.41) is 3.31. The Morgan fingerprint density at radius 1 is 1.03 bits per heavy atom. The number of benzene rings is 3. The van der Waals surface area contributed by atoms with Gasteiger partial charge in [0, 0.05) is 22.8 Å². The van der Waals surface area contributed by atoms with Crippen molar-refractivity contribution >= 4 is 32.3 Å². The summed E-state index contributed by atoms with van der Waals surface area (Å²) < 4.78 is 46.5. The van der Waals surface area contributed by atoms with Crippen molar-refractivity contribution in [3.63, 3.8) is 0 Å². The van der Waals surface area contributed by atoms with Crippen LogP contribution in [0.5, 0.6) is 5.75 Å². The molecule has 4 rings (SSSR count). The van der Waals surface area contributed by atoms with Crippen molar-refractivity contribution in [2.75, 3.05) is 12.4 Å². The van der Waals surface area contributed by atoms with E-state index in [-0.39, 0.29) is 23.1 Å². The van der Waals surface area contributed by atoms with Crippen LogP contribution in [-0.2, 0) is 26.9 Å². The number of sulfone groups is 1. The zero-order valence-corrected chi connectivity index (χ0v) is 18.1. The third-order valence-corrected chi connectivity index (χ3v) is 6.73. The Bertz CT molecular complexity index is 1380. The molecule has 0 unspecified atom stereocenters. The van der Waals surface area contributed by atoms with E-state index in [0.717, 1.165) is 0 Å². The van der Waals surface area contributed by atoms with Crippen LogP contribution in [0.25, 0.3) is 10.9 Å². The van der Waals surface area contributed by atoms with Gasteiger partial charge in [0.25, 0.3) is 0 Å². The molecule has 1 aromatic heterocycles. The Labute approximate surface area is 185 Å². The lowest BCUT2D eigenvalue weighted by Gasteiger charge is -2.08. The predicted octanol–water partition coefficient (Wildman–Crippen LogP) is 4.40. The lowest BCUT2D eigenvalue weighted by atomic mass is 10.2. The van der Waals surface area contributed by atoms with Gasteiger partial charge in [-0.1, -0.05) is 30.3 Å². The van der Waals surface area contributed by atoms with Gasteiger partial charge < -0.3 is 14.6 Å². The van der Waals surface area contributed by atoms with Crippen molar-refractivity contribution in [3.8, 4) is 5.75 Å². The fraction of sp³-hybridized carbons (Fsp3) is 0.125. The quantitative estimate of drug-likeness (QED) is 0.451. The van der Waals surface area contributed by atoms with Crippen LogP contribution in [0.4, 0.5) is 10.1 Å². The minimum atomic E-state index is -3.77. The molecule has 8 heteroatoms. The molecule has 1 heterocycles. The Hall–Kier alpha value is -3.65. The number of carbonyl (C=O) groups is 1. The van der Waals surface area contributed by atoms with Gasteiger partial charge in [-0.25, -0.2) is 12.8 Å². The largest absolute Gasteiger partial charge is 0.497 e. The fourth-order valence-electron chi connectivity index (χ4n) is 3.55. The third kappa shape index (κ3) is 4.65. The maximum absolute atomic E-state index is 13.5. The highest BCUT2D eigenvalue weighted by atomic mass is 32.2. The first-order chi connectivity index (χ1) is 15.4. The zero-order chi connectivity index (χ0) is 22.7. The van der Waals surface area contributed by atoms with E-state index in [4.69, 9.17) is 4.74 Å². The molecule has 1 amide bonds. The average molecular weight is 453 g/mol. The van der Waals surface area contributed by atoms with Crippen LogP contribution in [0, 0.1) is 5.82 Å². The number of halogens is 1. The predicted molar refractivity (Wildman–Crippen MR) is 121 cm³/mol. The molecule has 0 saturated heterocycles. The Morgan fingerprint density at radius 2 is 1.78 bits per heavy atom. The number of rotatable bonds is 7. The fourth-order valence-corrected chi connectivity index (χ4v) is 5.11. The second kappa shape index (κ2) is 8.84. The molecular formula is C24H21FN2O4S. The van der Waals surface area contributed by atoms with Crippen LogP contribution < -0.4 is 10.1 Å². The first-order valence-electron chi connectivity index (χ1n) is 9.85. The molecule has 0 radical (unpaired) electrons. The highest BCUT2D eigenvalue weighted by Gasteiger charge is 2.22. The van der Waals surface area contributed by atoms with Crippen LogP contribution in [0.2, 0.25) is 0 Å². The Balaban J connectivity index is 1.61. The number of hydrogen-bond acceptors (Lipinski definition) is 4. The summed E-state index contributed by atoms with van der Waals surface area (Å²) in [7, 11) is -2.21. The van der Waals surface area contributed by atoms with Crippen LogP contribution >= 0.6 is 0 Å². The van der Waals surface area contributed by atoms with E-state index in [1.165, 1.54) is 24.4 Å². The van der Waals surface area contributed by atoms with E-state index in [1.807, 2.05) is 0 Å². The highest BCUT2D eigenvalue weighted by Crippen LogP contribution is 2.28. The lowest BCUT2D eigenvalue weighted by Crippen LogP contribution is -2.18. The van der Waals surface area contributed by atoms with E-state index >= 15 is 0 Å². The maximum Gasteiger partial charge on any atom is 0.244 e. The number of fused-ring (bicyclic) bond motifs is 1. The number of hydrogen-bond donors (Lipinski definition) is 1. The van der Waals surface area contributed by atoms with E-state index < -0.39 is 15.7 Å². The van der Waals surface area contributed by atoms with Crippen molar-refractivity contribution in [3.05, 3.63) is 90.4 Å². The monoisotopic (exact) mass is 452 g/mol. The van der Waals surface area contributed by atoms with Crippen LogP contribution in [0.1, 0.15) is 5.56 Å². The van der Waals surface area contributed by atoms with Gasteiger partial charge in [0.15, 0.2) is 9.84 Å². The molecule has 0 spiro atoms. The van der Waals surface area contributed by atoms with E-state index in [0.29, 0.717) is 27.9 Å². The molecule has 0 aliphatic carbocycles. The summed E-state index contributed by atoms with van der Waals surface area (Å²) in [5.41, 5.74) is 1.58. The average Bonchev–Trinajstić information content (AvgIpc) is 3.13. The number of anilines is 1. The number of aromatic nitrogens is 1. The standard InChI is InChI=1S/C24H21FN2O4S/c1-31-20-11-9-19(10-12-20)26-24(28)15-27-14-23(21-7-2-3-8-22(21)27)32(29,30)16-17-5-4-6-18(25)13-17/h2-14H,15-16H2,1H3,(H,26,28). The Morgan fingerprint density at radius 3 is 2.50 bits per heavy atom. The molecule has 32 heavy (non-hydrogen) atoms. The number of amides is 1. The number of ether oxygens (including phenoxy) is 1. The molecule has 6 nitrogen and oxygen atoms in total. The first-order valence-corrected chi connectivity index (χ1v) is 11.5. The molecule has 1 N–H and O–H groups in total. The molecule has 0 atom stereocenters. The second-order valence-electron chi connectivity index (χ2n) is 7.30. The molecule has 0 aliphatic heterocycles. The minimum Gasteiger partial charge on any atom is -0.497 e. The number of nitrogens with one attached hydrogen (secondary N) is 1. The van der Waals surface area contributed by atoms with Gasteiger partial charge in [-0.15, -0.1) is 0 Å². The summed E-state index contributed by atoms with van der Waals surface area (Å²) >= 11 is 0. The van der Waals surface area contributed by atoms with Crippen molar-refractivity contribution in [2.45, 2.75) is 17.2 Å². The summed E-state index contributed by atoms with van der Waals surface area (Å²) in [6.45, 7) is -0.0674. The van der Waals surface area contributed by atoms with Gasteiger partial charge in [-0.05, 0) is 48.0 Å². The molecule has 0 aliphatic rings. The summed E-state index contributed by atoms with van der Waals surface area (Å²) in [6.07, 6.45) is 1.47. The summed E-state index contributed by atoms with van der Waals surface area (Å²) in [4.78, 5) is 12.7. The topological polar surface area (TPSA) is 77.4 Å². The van der Waals surface area contributed by atoms with Gasteiger partial charge >= 0.3 is 0 Å². The summed E-state index contributed by atoms with van der Waals surface area (Å²) in [6, 6.07) is 19.4. The molecule has 0 saturated carbocycles. The molecule has 4 aromatic rings. The van der Waals surface area contributed by atoms with Gasteiger partial charge in [0.1, 0.15) is 18.1 Å². The Kier molecular flexibility index (Phi) is 5.96. The number of carbonyl (C=O) groups excluding carboxylic acids is 1. The van der Waals surface area contributed by atoms with E-state index in [9.17, 15) is 17.6 Å². The minimum absolute atomic E-state index is 0.0674. The SMILES string of the molecule is COc1ccc(NC(=O)Cn2cc(S(=O)(=O)Cc3cccc(F)c3)c3ccccc32)cc1. The number of methoxy groups -OCH3 is 1. The van der Waals surface area contributed by atoms with Gasteiger partial charge in [0.05, 0.1) is 17.8 Å². The van der Waals surface area contributed by atoms with Crippen LogP contribution in [0.15, 0.2) is 83.9 Å². The van der Waals surface area contributed by atoms with Gasteiger partial charge in [0.2, 0.25) is 5.91 Å². The molecular weight excluding hydrogens is 431 g/mol. The number of para-hydroxylation sites is 1. The van der Waals surface area contributed by atoms with E-state index in [2.05, 4.69) is 5.32 Å². The number of nitrogens with zero attached hydrogens (tertiary/aromatic N) is 1. The highest BCUT2D eigenvalue weighted by molar-refractivity contribution is 7.90. The summed E-state index contributed by atoms with van der Waals surface area (Å²) in [5.74, 6) is -0.454. The molecule has 3 aromatic carbocycles. The van der Waals surface area contributed by atoms with Crippen molar-refractivity contribution < 1.29 is 22.3 Å². The lowest BCUT2D eigenvalue weighted by molar-refractivity contribution is -0.116.